The van der Waals surface area contributed by atoms with Crippen LogP contribution in [0.5, 0.6) is 0 Å². The molecule has 1 N–H and O–H groups in total. The summed E-state index contributed by atoms with van der Waals surface area (Å²) in [4.78, 5) is 1.42. The molecule has 39 heavy (non-hydrogen) atoms. The van der Waals surface area contributed by atoms with Crippen LogP contribution in [-0.2, 0) is 12.8 Å². The van der Waals surface area contributed by atoms with Crippen molar-refractivity contribution in [2.45, 2.75) is 19.3 Å². The number of allylic oxidation sites excluding steroid dienone is 1. The fraction of sp³-hybridized carbons (Fsp3) is 0.0811. The number of hydrogen-bond donors (Lipinski definition) is 1. The number of anilines is 2. The lowest BCUT2D eigenvalue weighted by Gasteiger charge is -2.11. The summed E-state index contributed by atoms with van der Waals surface area (Å²) in [5, 5.41) is 5.04. The first kappa shape index (κ1) is 22.6. The number of fused-ring (bicyclic) bond motifs is 6. The standard InChI is InChI=1S/C37H27NS/c1-2-7-24(8-3-1)26-13-14-27-22-35-30(10-6-11-31(35)34(27)21-26)25-15-17-28(18-16-25)38-29-19-20-33-32-9-4-5-12-36(32)39-37(33)23-29/h1-3,5-8,10-21,23,38H,4,9,22H2. The fourth-order valence-corrected chi connectivity index (χ4v) is 7.46. The topological polar surface area (TPSA) is 12.0 Å². The van der Waals surface area contributed by atoms with Gasteiger partial charge in [-0.1, -0.05) is 84.9 Å². The first-order valence-electron chi connectivity index (χ1n) is 13.7. The van der Waals surface area contributed by atoms with Gasteiger partial charge in [-0.15, -0.1) is 11.3 Å². The predicted molar refractivity (Wildman–Crippen MR) is 168 cm³/mol. The van der Waals surface area contributed by atoms with Gasteiger partial charge < -0.3 is 5.32 Å². The number of rotatable bonds is 4. The molecule has 0 bridgehead atoms. The summed E-state index contributed by atoms with van der Waals surface area (Å²) in [5.41, 5.74) is 14.5. The Morgan fingerprint density at radius 3 is 2.31 bits per heavy atom. The van der Waals surface area contributed by atoms with E-state index in [1.54, 1.807) is 0 Å². The molecule has 2 aliphatic carbocycles. The quantitative estimate of drug-likeness (QED) is 0.245. The number of benzene rings is 5. The van der Waals surface area contributed by atoms with Crippen LogP contribution in [0.2, 0.25) is 0 Å². The monoisotopic (exact) mass is 517 g/mol. The SMILES string of the molecule is C1=Cc2sc3cc(Nc4ccc(-c5cccc6c5Cc5ccc(-c7ccccc7)cc5-6)cc4)ccc3c2CC1. The molecule has 1 heterocycles. The van der Waals surface area contributed by atoms with E-state index in [1.165, 1.54) is 65.0 Å². The molecule has 0 radical (unpaired) electrons. The maximum atomic E-state index is 3.63. The maximum absolute atomic E-state index is 3.63. The summed E-state index contributed by atoms with van der Waals surface area (Å²) >= 11 is 1.90. The van der Waals surface area contributed by atoms with Gasteiger partial charge in [-0.2, -0.15) is 0 Å². The normalized spacial score (nSPS) is 13.2. The van der Waals surface area contributed by atoms with Gasteiger partial charge in [-0.25, -0.2) is 0 Å². The highest BCUT2D eigenvalue weighted by Crippen LogP contribution is 2.43. The molecule has 0 spiro atoms. The van der Waals surface area contributed by atoms with E-state index >= 15 is 0 Å². The van der Waals surface area contributed by atoms with Gasteiger partial charge in [0.15, 0.2) is 0 Å². The average molecular weight is 518 g/mol. The van der Waals surface area contributed by atoms with Crippen molar-refractivity contribution in [1.82, 2.24) is 0 Å². The van der Waals surface area contributed by atoms with Crippen LogP contribution in [0.4, 0.5) is 11.4 Å². The van der Waals surface area contributed by atoms with Crippen molar-refractivity contribution < 1.29 is 0 Å². The lowest BCUT2D eigenvalue weighted by Crippen LogP contribution is -1.92. The Bertz CT molecular complexity index is 1890. The molecule has 5 aromatic carbocycles. The zero-order valence-electron chi connectivity index (χ0n) is 21.6. The van der Waals surface area contributed by atoms with Crippen molar-refractivity contribution in [3.8, 4) is 33.4 Å². The Morgan fingerprint density at radius 1 is 0.590 bits per heavy atom. The molecule has 1 nitrogen and oxygen atoms in total. The molecular formula is C37H27NS. The smallest absolute Gasteiger partial charge is 0.0398 e. The van der Waals surface area contributed by atoms with E-state index in [1.807, 2.05) is 11.3 Å². The molecule has 0 aliphatic heterocycles. The highest BCUT2D eigenvalue weighted by atomic mass is 32.1. The number of aryl methyl sites for hydroxylation is 1. The summed E-state index contributed by atoms with van der Waals surface area (Å²) < 4.78 is 1.36. The van der Waals surface area contributed by atoms with E-state index in [4.69, 9.17) is 0 Å². The lowest BCUT2D eigenvalue weighted by atomic mass is 9.95. The Hall–Kier alpha value is -4.40. The average Bonchev–Trinajstić information content (AvgIpc) is 3.55. The molecule has 0 unspecified atom stereocenters. The van der Waals surface area contributed by atoms with Gasteiger partial charge in [0.1, 0.15) is 0 Å². The van der Waals surface area contributed by atoms with Crippen molar-refractivity contribution in [2.24, 2.45) is 0 Å². The molecule has 186 valence electrons. The molecule has 0 fully saturated rings. The van der Waals surface area contributed by atoms with Crippen LogP contribution in [0.25, 0.3) is 49.5 Å². The highest BCUT2D eigenvalue weighted by molar-refractivity contribution is 7.20. The second-order valence-corrected chi connectivity index (χ2v) is 11.6. The number of hydrogen-bond acceptors (Lipinski definition) is 2. The molecule has 8 rings (SSSR count). The minimum Gasteiger partial charge on any atom is -0.355 e. The maximum Gasteiger partial charge on any atom is 0.0398 e. The van der Waals surface area contributed by atoms with Crippen LogP contribution in [0.1, 0.15) is 28.0 Å². The third-order valence-electron chi connectivity index (χ3n) is 8.19. The number of thiophene rings is 1. The molecule has 0 amide bonds. The minimum absolute atomic E-state index is 0.982. The fourth-order valence-electron chi connectivity index (χ4n) is 6.24. The Kier molecular flexibility index (Phi) is 5.27. The first-order valence-corrected chi connectivity index (χ1v) is 14.5. The van der Waals surface area contributed by atoms with E-state index in [0.29, 0.717) is 0 Å². The van der Waals surface area contributed by atoms with Gasteiger partial charge >= 0.3 is 0 Å². The largest absolute Gasteiger partial charge is 0.355 e. The van der Waals surface area contributed by atoms with E-state index < -0.39 is 0 Å². The summed E-state index contributed by atoms with van der Waals surface area (Å²) in [6.07, 6.45) is 7.87. The van der Waals surface area contributed by atoms with Gasteiger partial charge in [0.05, 0.1) is 0 Å². The zero-order valence-corrected chi connectivity index (χ0v) is 22.4. The minimum atomic E-state index is 0.982. The van der Waals surface area contributed by atoms with Crippen molar-refractivity contribution in [3.05, 3.63) is 137 Å². The van der Waals surface area contributed by atoms with E-state index in [-0.39, 0.29) is 0 Å². The third kappa shape index (κ3) is 3.91. The summed E-state index contributed by atoms with van der Waals surface area (Å²) in [6, 6.07) is 40.1. The van der Waals surface area contributed by atoms with Crippen LogP contribution >= 0.6 is 11.3 Å². The van der Waals surface area contributed by atoms with Crippen molar-refractivity contribution >= 4 is 38.9 Å². The summed E-state index contributed by atoms with van der Waals surface area (Å²) in [5.74, 6) is 0. The van der Waals surface area contributed by atoms with Crippen LogP contribution in [0.15, 0.2) is 115 Å². The highest BCUT2D eigenvalue weighted by Gasteiger charge is 2.22. The summed E-state index contributed by atoms with van der Waals surface area (Å²) in [7, 11) is 0. The van der Waals surface area contributed by atoms with Gasteiger partial charge in [0.25, 0.3) is 0 Å². The van der Waals surface area contributed by atoms with Crippen molar-refractivity contribution in [1.29, 1.82) is 0 Å². The molecule has 0 saturated carbocycles. The van der Waals surface area contributed by atoms with Crippen LogP contribution < -0.4 is 5.32 Å². The second kappa shape index (κ2) is 9.11. The molecule has 0 saturated heterocycles. The van der Waals surface area contributed by atoms with E-state index in [9.17, 15) is 0 Å². The number of nitrogens with one attached hydrogen (secondary N) is 1. The molecular weight excluding hydrogens is 490 g/mol. The van der Waals surface area contributed by atoms with Crippen LogP contribution in [0.3, 0.4) is 0 Å². The van der Waals surface area contributed by atoms with Crippen LogP contribution in [0, 0.1) is 0 Å². The van der Waals surface area contributed by atoms with Gasteiger partial charge in [0, 0.05) is 21.0 Å². The Balaban J connectivity index is 1.08. The van der Waals surface area contributed by atoms with Gasteiger partial charge in [-0.05, 0) is 111 Å². The summed E-state index contributed by atoms with van der Waals surface area (Å²) in [6.45, 7) is 0. The molecule has 2 heteroatoms. The van der Waals surface area contributed by atoms with Crippen LogP contribution in [-0.4, -0.2) is 0 Å². The van der Waals surface area contributed by atoms with E-state index in [2.05, 4.69) is 127 Å². The van der Waals surface area contributed by atoms with E-state index in [0.717, 1.165) is 30.6 Å². The molecule has 6 aromatic rings. The molecule has 0 atom stereocenters. The van der Waals surface area contributed by atoms with Crippen molar-refractivity contribution in [2.75, 3.05) is 5.32 Å². The Labute approximate surface area is 233 Å². The molecule has 2 aliphatic rings. The second-order valence-electron chi connectivity index (χ2n) is 10.5. The Morgan fingerprint density at radius 2 is 1.41 bits per heavy atom. The third-order valence-corrected chi connectivity index (χ3v) is 9.35. The predicted octanol–water partition coefficient (Wildman–Crippen LogP) is 10.5. The van der Waals surface area contributed by atoms with Gasteiger partial charge in [0.2, 0.25) is 0 Å². The zero-order chi connectivity index (χ0) is 25.8. The molecule has 1 aromatic heterocycles. The first-order chi connectivity index (χ1) is 19.3. The van der Waals surface area contributed by atoms with Crippen molar-refractivity contribution in [3.63, 3.8) is 0 Å². The van der Waals surface area contributed by atoms with Gasteiger partial charge in [-0.3, -0.25) is 0 Å². The lowest BCUT2D eigenvalue weighted by molar-refractivity contribution is 1.01.